The van der Waals surface area contributed by atoms with Gasteiger partial charge in [-0.2, -0.15) is 0 Å². The highest BCUT2D eigenvalue weighted by molar-refractivity contribution is 6.26. The van der Waals surface area contributed by atoms with Crippen molar-refractivity contribution in [2.24, 2.45) is 0 Å². The molecule has 7 aromatic carbocycles. The maximum Gasteiger partial charge on any atom is 0.134 e. The van der Waals surface area contributed by atoms with Gasteiger partial charge in [0.25, 0.3) is 0 Å². The second-order valence-corrected chi connectivity index (χ2v) is 13.2. The summed E-state index contributed by atoms with van der Waals surface area (Å²) in [6.45, 7) is 0. The van der Waals surface area contributed by atoms with Crippen LogP contribution in [0.3, 0.4) is 0 Å². The summed E-state index contributed by atoms with van der Waals surface area (Å²) >= 11 is 0. The summed E-state index contributed by atoms with van der Waals surface area (Å²) in [4.78, 5) is 0. The Morgan fingerprint density at radius 3 is 2.18 bits per heavy atom. The summed E-state index contributed by atoms with van der Waals surface area (Å²) in [5.41, 5.74) is 11.8. The predicted octanol–water partition coefficient (Wildman–Crippen LogP) is 12.4. The standard InChI is InChI=1S/C46H30N2O/c1-2-15-33-29(11-1)12-10-21-39(33)48-40-19-6-3-16-34(40)36-24-25-42-45(46(36)48)37-18-4-7-20-41(37)47(42)32-14-9-13-30(27-32)31-23-26-44-38(28-31)35-17-5-8-22-43(35)49-44/h1-7,9-21,23-28H,8,22H2. The van der Waals surface area contributed by atoms with Gasteiger partial charge in [-0.15, -0.1) is 0 Å². The smallest absolute Gasteiger partial charge is 0.134 e. The number of aryl methyl sites for hydroxylation is 1. The topological polar surface area (TPSA) is 23.0 Å². The molecule has 49 heavy (non-hydrogen) atoms. The number of aromatic nitrogens is 2. The van der Waals surface area contributed by atoms with Crippen LogP contribution in [-0.4, -0.2) is 9.13 Å². The molecule has 0 saturated heterocycles. The third kappa shape index (κ3) is 3.78. The van der Waals surface area contributed by atoms with Crippen molar-refractivity contribution in [2.45, 2.75) is 12.8 Å². The van der Waals surface area contributed by atoms with Gasteiger partial charge >= 0.3 is 0 Å². The zero-order valence-corrected chi connectivity index (χ0v) is 26.7. The Morgan fingerprint density at radius 1 is 0.510 bits per heavy atom. The van der Waals surface area contributed by atoms with Gasteiger partial charge in [-0.05, 0) is 71.5 Å². The third-order valence-corrected chi connectivity index (χ3v) is 10.5. The van der Waals surface area contributed by atoms with E-state index in [9.17, 15) is 0 Å². The summed E-state index contributed by atoms with van der Waals surface area (Å²) in [6.07, 6.45) is 6.48. The molecule has 11 rings (SSSR count). The highest BCUT2D eigenvalue weighted by Crippen LogP contribution is 2.43. The molecule has 1 aliphatic rings. The Balaban J connectivity index is 1.20. The quantitative estimate of drug-likeness (QED) is 0.191. The Labute approximate surface area is 282 Å². The minimum atomic E-state index is 0.962. The summed E-state index contributed by atoms with van der Waals surface area (Å²) in [7, 11) is 0. The fourth-order valence-corrected chi connectivity index (χ4v) is 8.40. The largest absolute Gasteiger partial charge is 0.460 e. The number of benzene rings is 7. The molecule has 0 bridgehead atoms. The molecule has 0 fully saturated rings. The van der Waals surface area contributed by atoms with E-state index in [0.29, 0.717) is 0 Å². The molecule has 0 unspecified atom stereocenters. The zero-order valence-electron chi connectivity index (χ0n) is 26.7. The Kier molecular flexibility index (Phi) is 5.50. The number of rotatable bonds is 3. The zero-order chi connectivity index (χ0) is 32.1. The van der Waals surface area contributed by atoms with E-state index in [4.69, 9.17) is 4.42 Å². The monoisotopic (exact) mass is 626 g/mol. The lowest BCUT2D eigenvalue weighted by Gasteiger charge is -2.13. The number of allylic oxidation sites excluding steroid dienone is 1. The number of nitrogens with zero attached hydrogens (tertiary/aromatic N) is 2. The van der Waals surface area contributed by atoms with Crippen LogP contribution in [-0.2, 0) is 6.42 Å². The van der Waals surface area contributed by atoms with Gasteiger partial charge in [-0.25, -0.2) is 0 Å². The van der Waals surface area contributed by atoms with Gasteiger partial charge in [0.05, 0.1) is 27.8 Å². The van der Waals surface area contributed by atoms with Crippen LogP contribution in [0.4, 0.5) is 0 Å². The Hall–Kier alpha value is -6.32. The van der Waals surface area contributed by atoms with Crippen molar-refractivity contribution in [2.75, 3.05) is 0 Å². The molecule has 1 aliphatic carbocycles. The highest BCUT2D eigenvalue weighted by Gasteiger charge is 2.22. The van der Waals surface area contributed by atoms with Gasteiger partial charge in [0.2, 0.25) is 0 Å². The molecule has 0 amide bonds. The number of hydrogen-bond donors (Lipinski definition) is 0. The summed E-state index contributed by atoms with van der Waals surface area (Å²) in [5, 5.41) is 8.71. The molecule has 3 aromatic heterocycles. The number of furan rings is 1. The van der Waals surface area contributed by atoms with Crippen LogP contribution in [0, 0.1) is 0 Å². The fraction of sp³-hybridized carbons (Fsp3) is 0.0435. The van der Waals surface area contributed by atoms with Gasteiger partial charge in [-0.3, -0.25) is 0 Å². The summed E-state index contributed by atoms with van der Waals surface area (Å²) in [5.74, 6) is 1.10. The van der Waals surface area contributed by atoms with Crippen LogP contribution in [0.2, 0.25) is 0 Å². The Morgan fingerprint density at radius 2 is 1.27 bits per heavy atom. The second kappa shape index (κ2) is 10.1. The maximum absolute atomic E-state index is 6.23. The average molecular weight is 627 g/mol. The first-order valence-corrected chi connectivity index (χ1v) is 17.1. The van der Waals surface area contributed by atoms with Crippen molar-refractivity contribution in [1.82, 2.24) is 9.13 Å². The molecule has 3 nitrogen and oxygen atoms in total. The van der Waals surface area contributed by atoms with E-state index in [1.165, 1.54) is 82.1 Å². The summed E-state index contributed by atoms with van der Waals surface area (Å²) in [6, 6.07) is 53.3. The third-order valence-electron chi connectivity index (χ3n) is 10.5. The van der Waals surface area contributed by atoms with Crippen molar-refractivity contribution in [1.29, 1.82) is 0 Å². The van der Waals surface area contributed by atoms with E-state index in [1.807, 2.05) is 0 Å². The van der Waals surface area contributed by atoms with Gasteiger partial charge < -0.3 is 13.6 Å². The minimum absolute atomic E-state index is 0.962. The SMILES string of the molecule is C1=Cc2c(oc3ccc(-c4cccc(-n5c6ccccc6c6c5ccc5c7ccccc7n(-c7cccc8ccccc78)c56)c4)cc23)CC1. The van der Waals surface area contributed by atoms with E-state index in [-0.39, 0.29) is 0 Å². The predicted molar refractivity (Wildman–Crippen MR) is 205 cm³/mol. The number of hydrogen-bond acceptors (Lipinski definition) is 1. The molecule has 230 valence electrons. The van der Waals surface area contributed by atoms with Crippen LogP contribution >= 0.6 is 0 Å². The first-order valence-electron chi connectivity index (χ1n) is 17.1. The molecule has 0 aliphatic heterocycles. The normalized spacial score (nSPS) is 13.1. The lowest BCUT2D eigenvalue weighted by molar-refractivity contribution is 0.546. The molecule has 0 atom stereocenters. The molecule has 3 heteroatoms. The lowest BCUT2D eigenvalue weighted by Crippen LogP contribution is -1.96. The van der Waals surface area contributed by atoms with Gasteiger partial charge in [0, 0.05) is 50.0 Å². The van der Waals surface area contributed by atoms with E-state index < -0.39 is 0 Å². The van der Waals surface area contributed by atoms with Crippen molar-refractivity contribution < 1.29 is 4.42 Å². The van der Waals surface area contributed by atoms with Gasteiger partial charge in [0.1, 0.15) is 11.3 Å². The molecule has 0 saturated carbocycles. The maximum atomic E-state index is 6.23. The van der Waals surface area contributed by atoms with Gasteiger partial charge in [0.15, 0.2) is 0 Å². The number of fused-ring (bicyclic) bond motifs is 11. The van der Waals surface area contributed by atoms with Crippen LogP contribution in [0.25, 0.3) is 93.9 Å². The lowest BCUT2D eigenvalue weighted by atomic mass is 9.99. The van der Waals surface area contributed by atoms with Crippen LogP contribution in [0.1, 0.15) is 17.7 Å². The highest BCUT2D eigenvalue weighted by atomic mass is 16.3. The van der Waals surface area contributed by atoms with Crippen LogP contribution in [0.5, 0.6) is 0 Å². The molecule has 0 spiro atoms. The van der Waals surface area contributed by atoms with Crippen molar-refractivity contribution in [3.63, 3.8) is 0 Å². The second-order valence-electron chi connectivity index (χ2n) is 13.2. The van der Waals surface area contributed by atoms with Crippen molar-refractivity contribution in [3.05, 3.63) is 163 Å². The molecular weight excluding hydrogens is 597 g/mol. The molecule has 10 aromatic rings. The van der Waals surface area contributed by atoms with Crippen molar-refractivity contribution >= 4 is 71.4 Å². The summed E-state index contributed by atoms with van der Waals surface area (Å²) < 4.78 is 11.2. The van der Waals surface area contributed by atoms with E-state index >= 15 is 0 Å². The molecule has 3 heterocycles. The van der Waals surface area contributed by atoms with Crippen LogP contribution in [0.15, 0.2) is 156 Å². The fourth-order valence-electron chi connectivity index (χ4n) is 8.40. The van der Waals surface area contributed by atoms with Crippen LogP contribution < -0.4 is 0 Å². The van der Waals surface area contributed by atoms with Gasteiger partial charge in [-0.1, -0.05) is 109 Å². The molecular formula is C46H30N2O. The first kappa shape index (κ1) is 26.7. The Bertz CT molecular complexity index is 3000. The number of para-hydroxylation sites is 2. The molecule has 0 N–H and O–H groups in total. The first-order chi connectivity index (χ1) is 24.3. The van der Waals surface area contributed by atoms with Crippen molar-refractivity contribution in [3.8, 4) is 22.5 Å². The molecule has 0 radical (unpaired) electrons. The van der Waals surface area contributed by atoms with E-state index in [0.717, 1.165) is 29.9 Å². The minimum Gasteiger partial charge on any atom is -0.460 e. The van der Waals surface area contributed by atoms with E-state index in [1.54, 1.807) is 0 Å². The average Bonchev–Trinajstić information content (AvgIpc) is 3.82. The van der Waals surface area contributed by atoms with E-state index in [2.05, 4.69) is 167 Å².